The Morgan fingerprint density at radius 3 is 2.85 bits per heavy atom. The number of pyridine rings is 1. The number of fused-ring (bicyclic) bond motifs is 1. The van der Waals surface area contributed by atoms with Crippen molar-refractivity contribution in [3.63, 3.8) is 0 Å². The van der Waals surface area contributed by atoms with Gasteiger partial charge >= 0.3 is 6.03 Å². The molecule has 7 heteroatoms. The van der Waals surface area contributed by atoms with Gasteiger partial charge in [0, 0.05) is 37.1 Å². The Hall–Kier alpha value is -2.93. The number of anilines is 1. The first-order valence-electron chi connectivity index (χ1n) is 8.72. The normalized spacial score (nSPS) is 16.8. The van der Waals surface area contributed by atoms with Gasteiger partial charge in [-0.1, -0.05) is 18.2 Å². The van der Waals surface area contributed by atoms with E-state index in [0.717, 1.165) is 16.6 Å². The predicted molar refractivity (Wildman–Crippen MR) is 107 cm³/mol. The summed E-state index contributed by atoms with van der Waals surface area (Å²) in [4.78, 5) is 32.7. The number of hydrogen-bond donors (Lipinski definition) is 1. The lowest BCUT2D eigenvalue weighted by Crippen LogP contribution is -2.32. The van der Waals surface area contributed by atoms with Crippen LogP contribution in [-0.4, -0.2) is 42.0 Å². The molecule has 1 aliphatic heterocycles. The van der Waals surface area contributed by atoms with Crippen molar-refractivity contribution in [1.29, 1.82) is 0 Å². The highest BCUT2D eigenvalue weighted by atomic mass is 32.1. The lowest BCUT2D eigenvalue weighted by Gasteiger charge is -2.16. The van der Waals surface area contributed by atoms with Crippen LogP contribution in [0.5, 0.6) is 0 Å². The van der Waals surface area contributed by atoms with Crippen LogP contribution in [0.3, 0.4) is 0 Å². The highest BCUT2D eigenvalue weighted by Crippen LogP contribution is 2.27. The minimum atomic E-state index is -0.535. The Morgan fingerprint density at radius 1 is 1.22 bits per heavy atom. The van der Waals surface area contributed by atoms with Gasteiger partial charge in [-0.15, -0.1) is 11.3 Å². The molecule has 1 unspecified atom stereocenters. The van der Waals surface area contributed by atoms with Crippen LogP contribution in [0, 0.1) is 0 Å². The maximum Gasteiger partial charge on any atom is 0.325 e. The summed E-state index contributed by atoms with van der Waals surface area (Å²) >= 11 is 1.65. The summed E-state index contributed by atoms with van der Waals surface area (Å²) < 4.78 is 1.19. The molecule has 0 aliphatic carbocycles. The zero-order valence-electron chi connectivity index (χ0n) is 15.2. The zero-order chi connectivity index (χ0) is 19.0. The highest BCUT2D eigenvalue weighted by molar-refractivity contribution is 7.17. The summed E-state index contributed by atoms with van der Waals surface area (Å²) in [6, 6.07) is 11.0. The second kappa shape index (κ2) is 7.00. The quantitative estimate of drug-likeness (QED) is 0.691. The van der Waals surface area contributed by atoms with Gasteiger partial charge in [0.05, 0.1) is 12.2 Å². The third-order valence-electron chi connectivity index (χ3n) is 4.73. The Kier molecular flexibility index (Phi) is 4.53. The maximum absolute atomic E-state index is 12.8. The largest absolute Gasteiger partial charge is 0.378 e. The van der Waals surface area contributed by atoms with Crippen LogP contribution in [-0.2, 0) is 17.8 Å². The summed E-state index contributed by atoms with van der Waals surface area (Å²) in [5.41, 5.74) is 2.75. The molecule has 3 aromatic rings. The Bertz CT molecular complexity index is 1010. The maximum atomic E-state index is 12.8. The number of nitrogens with one attached hydrogen (secondary N) is 1. The van der Waals surface area contributed by atoms with Gasteiger partial charge in [-0.2, -0.15) is 0 Å². The molecular formula is C20H20N4O2S. The van der Waals surface area contributed by atoms with E-state index in [9.17, 15) is 9.59 Å². The first-order chi connectivity index (χ1) is 13.0. The van der Waals surface area contributed by atoms with Gasteiger partial charge in [-0.3, -0.25) is 14.7 Å². The molecule has 1 atom stereocenters. The fraction of sp³-hybridized carbons (Fsp3) is 0.250. The molecule has 2 aromatic heterocycles. The lowest BCUT2D eigenvalue weighted by molar-refractivity contribution is -0.127. The number of carbonyl (C=O) groups is 2. The summed E-state index contributed by atoms with van der Waals surface area (Å²) in [5.74, 6) is -0.202. The summed E-state index contributed by atoms with van der Waals surface area (Å²) in [5, 5.41) is 6.02. The second-order valence-electron chi connectivity index (χ2n) is 6.79. The molecule has 27 heavy (non-hydrogen) atoms. The highest BCUT2D eigenvalue weighted by Gasteiger charge is 2.38. The van der Waals surface area contributed by atoms with Crippen molar-refractivity contribution in [1.82, 2.24) is 15.2 Å². The molecule has 3 heterocycles. The van der Waals surface area contributed by atoms with E-state index in [1.54, 1.807) is 17.5 Å². The van der Waals surface area contributed by atoms with Crippen molar-refractivity contribution in [2.24, 2.45) is 0 Å². The average molecular weight is 380 g/mol. The van der Waals surface area contributed by atoms with Gasteiger partial charge in [0.1, 0.15) is 6.04 Å². The minimum absolute atomic E-state index is 0.174. The average Bonchev–Trinajstić information content (AvgIpc) is 3.19. The van der Waals surface area contributed by atoms with Crippen molar-refractivity contribution in [3.8, 4) is 0 Å². The van der Waals surface area contributed by atoms with E-state index >= 15 is 0 Å². The van der Waals surface area contributed by atoms with Gasteiger partial charge in [0.25, 0.3) is 5.91 Å². The number of nitrogens with zero attached hydrogens (tertiary/aromatic N) is 3. The van der Waals surface area contributed by atoms with E-state index in [1.165, 1.54) is 9.60 Å². The molecular weight excluding hydrogens is 360 g/mol. The molecule has 0 bridgehead atoms. The Balaban J connectivity index is 1.51. The predicted octanol–water partition coefficient (Wildman–Crippen LogP) is 3.03. The van der Waals surface area contributed by atoms with E-state index < -0.39 is 6.04 Å². The molecule has 0 radical (unpaired) electrons. The summed E-state index contributed by atoms with van der Waals surface area (Å²) in [7, 11) is 3.88. The van der Waals surface area contributed by atoms with Gasteiger partial charge in [0.15, 0.2) is 0 Å². The molecule has 1 aliphatic rings. The van der Waals surface area contributed by atoms with Gasteiger partial charge in [-0.25, -0.2) is 4.79 Å². The summed E-state index contributed by atoms with van der Waals surface area (Å²) in [6.07, 6.45) is 2.19. The Labute approximate surface area is 161 Å². The van der Waals surface area contributed by atoms with Gasteiger partial charge in [0.2, 0.25) is 0 Å². The third-order valence-corrected chi connectivity index (χ3v) is 5.74. The smallest absolute Gasteiger partial charge is 0.325 e. The van der Waals surface area contributed by atoms with Crippen LogP contribution in [0.4, 0.5) is 10.5 Å². The van der Waals surface area contributed by atoms with E-state index in [-0.39, 0.29) is 18.5 Å². The number of benzene rings is 1. The van der Waals surface area contributed by atoms with E-state index in [4.69, 9.17) is 0 Å². The van der Waals surface area contributed by atoms with Gasteiger partial charge < -0.3 is 10.2 Å². The van der Waals surface area contributed by atoms with Crippen molar-refractivity contribution in [2.75, 3.05) is 19.0 Å². The molecule has 1 N–H and O–H groups in total. The zero-order valence-corrected chi connectivity index (χ0v) is 16.0. The first kappa shape index (κ1) is 17.5. The molecule has 0 spiro atoms. The van der Waals surface area contributed by atoms with Crippen molar-refractivity contribution in [3.05, 3.63) is 59.2 Å². The van der Waals surface area contributed by atoms with Crippen molar-refractivity contribution >= 4 is 39.0 Å². The fourth-order valence-electron chi connectivity index (χ4n) is 3.27. The molecule has 1 aromatic carbocycles. The van der Waals surface area contributed by atoms with E-state index in [0.29, 0.717) is 12.1 Å². The fourth-order valence-corrected chi connectivity index (χ4v) is 4.24. The van der Waals surface area contributed by atoms with E-state index in [1.807, 2.05) is 43.3 Å². The first-order valence-corrected chi connectivity index (χ1v) is 9.60. The molecule has 4 rings (SSSR count). The Morgan fingerprint density at radius 2 is 2.04 bits per heavy atom. The standard InChI is InChI=1S/C20H20N4O2S/c1-23(2)15-7-8-21-14(10-15)11-24-19(25)17(22-20(24)26)9-13-12-27-18-6-4-3-5-16(13)18/h3-8,10,12,17H,9,11H2,1-2H3,(H,22,26). The van der Waals surface area contributed by atoms with Gasteiger partial charge in [-0.05, 0) is 34.5 Å². The lowest BCUT2D eigenvalue weighted by atomic mass is 10.1. The van der Waals surface area contributed by atoms with Crippen LogP contribution in [0.25, 0.3) is 10.1 Å². The number of amides is 3. The third kappa shape index (κ3) is 3.38. The monoisotopic (exact) mass is 380 g/mol. The number of hydrogen-bond acceptors (Lipinski definition) is 5. The minimum Gasteiger partial charge on any atom is -0.378 e. The molecule has 6 nitrogen and oxygen atoms in total. The number of urea groups is 1. The molecule has 3 amide bonds. The molecule has 1 fully saturated rings. The van der Waals surface area contributed by atoms with Crippen LogP contribution in [0.2, 0.25) is 0 Å². The number of carbonyl (C=O) groups excluding carboxylic acids is 2. The number of thiophene rings is 1. The SMILES string of the molecule is CN(C)c1ccnc(CN2C(=O)NC(Cc3csc4ccccc34)C2=O)c1. The summed E-state index contributed by atoms with van der Waals surface area (Å²) in [6.45, 7) is 0.174. The van der Waals surface area contributed by atoms with Crippen LogP contribution >= 0.6 is 11.3 Å². The number of rotatable bonds is 5. The molecule has 138 valence electrons. The van der Waals surface area contributed by atoms with Crippen LogP contribution in [0.15, 0.2) is 48.0 Å². The number of aromatic nitrogens is 1. The van der Waals surface area contributed by atoms with Crippen molar-refractivity contribution in [2.45, 2.75) is 19.0 Å². The second-order valence-corrected chi connectivity index (χ2v) is 7.70. The molecule has 0 saturated carbocycles. The van der Waals surface area contributed by atoms with Crippen LogP contribution in [0.1, 0.15) is 11.3 Å². The molecule has 1 saturated heterocycles. The number of imide groups is 1. The van der Waals surface area contributed by atoms with E-state index in [2.05, 4.69) is 27.8 Å². The van der Waals surface area contributed by atoms with Crippen LogP contribution < -0.4 is 10.2 Å². The topological polar surface area (TPSA) is 65.5 Å². The van der Waals surface area contributed by atoms with Crippen molar-refractivity contribution < 1.29 is 9.59 Å².